The normalized spacial score (nSPS) is 10.8. The summed E-state index contributed by atoms with van der Waals surface area (Å²) in [4.78, 5) is 0. The average Bonchev–Trinajstić information content (AvgIpc) is 2.78. The fraction of sp³-hybridized carbons (Fsp3) is 0.444. The van der Waals surface area contributed by atoms with Crippen LogP contribution in [0.15, 0.2) is 16.8 Å². The molecular formula is C9H11ClN4O. The van der Waals surface area contributed by atoms with Crippen molar-refractivity contribution in [3.63, 3.8) is 0 Å². The van der Waals surface area contributed by atoms with Crippen LogP contribution in [0, 0.1) is 6.92 Å². The van der Waals surface area contributed by atoms with Gasteiger partial charge in [-0.2, -0.15) is 0 Å². The van der Waals surface area contributed by atoms with Gasteiger partial charge in [-0.15, -0.1) is 16.7 Å². The minimum absolute atomic E-state index is 0.557. The summed E-state index contributed by atoms with van der Waals surface area (Å²) in [5.74, 6) is 1.35. The van der Waals surface area contributed by atoms with Gasteiger partial charge in [-0.05, 0) is 6.92 Å². The Balaban J connectivity index is 2.04. The predicted octanol–water partition coefficient (Wildman–Crippen LogP) is 1.40. The zero-order valence-corrected chi connectivity index (χ0v) is 9.11. The molecule has 2 aromatic heterocycles. The van der Waals surface area contributed by atoms with Crippen molar-refractivity contribution in [2.45, 2.75) is 19.9 Å². The van der Waals surface area contributed by atoms with Gasteiger partial charge < -0.3 is 4.52 Å². The number of aryl methyl sites for hydroxylation is 2. The van der Waals surface area contributed by atoms with Gasteiger partial charge in [-0.25, -0.2) is 4.68 Å². The molecule has 0 saturated carbocycles. The molecule has 80 valence electrons. The first-order valence-electron chi connectivity index (χ1n) is 4.65. The first-order chi connectivity index (χ1) is 7.28. The van der Waals surface area contributed by atoms with Crippen LogP contribution < -0.4 is 0 Å². The monoisotopic (exact) mass is 226 g/mol. The minimum Gasteiger partial charge on any atom is -0.361 e. The fourth-order valence-electron chi connectivity index (χ4n) is 1.29. The number of rotatable bonds is 4. The topological polar surface area (TPSA) is 56.7 Å². The van der Waals surface area contributed by atoms with E-state index in [0.29, 0.717) is 12.4 Å². The summed E-state index contributed by atoms with van der Waals surface area (Å²) in [6, 6.07) is 1.88. The molecule has 2 aromatic rings. The van der Waals surface area contributed by atoms with E-state index in [4.69, 9.17) is 16.1 Å². The van der Waals surface area contributed by atoms with Crippen molar-refractivity contribution >= 4 is 11.6 Å². The van der Waals surface area contributed by atoms with Gasteiger partial charge in [0.2, 0.25) is 0 Å². The number of hydrogen-bond acceptors (Lipinski definition) is 4. The second-order valence-electron chi connectivity index (χ2n) is 3.28. The molecule has 6 heteroatoms. The maximum Gasteiger partial charge on any atom is 0.133 e. The van der Waals surface area contributed by atoms with E-state index in [0.717, 1.165) is 23.6 Å². The van der Waals surface area contributed by atoms with Crippen molar-refractivity contribution in [3.8, 4) is 0 Å². The van der Waals surface area contributed by atoms with Crippen molar-refractivity contribution in [1.82, 2.24) is 20.2 Å². The van der Waals surface area contributed by atoms with Crippen LogP contribution in [0.4, 0.5) is 0 Å². The Labute approximate surface area is 92.0 Å². The first kappa shape index (κ1) is 10.2. The van der Waals surface area contributed by atoms with Crippen molar-refractivity contribution in [3.05, 3.63) is 29.4 Å². The molecular weight excluding hydrogens is 216 g/mol. The van der Waals surface area contributed by atoms with E-state index in [-0.39, 0.29) is 0 Å². The second-order valence-corrected chi connectivity index (χ2v) is 3.65. The molecule has 5 nitrogen and oxygen atoms in total. The van der Waals surface area contributed by atoms with Crippen molar-refractivity contribution < 1.29 is 4.52 Å². The third kappa shape index (κ3) is 2.56. The summed E-state index contributed by atoms with van der Waals surface area (Å²) in [6.07, 6.45) is 2.60. The van der Waals surface area contributed by atoms with Gasteiger partial charge in [0.25, 0.3) is 0 Å². The summed E-state index contributed by atoms with van der Waals surface area (Å²) < 4.78 is 6.68. The Bertz CT molecular complexity index is 437. The lowest BCUT2D eigenvalue weighted by atomic mass is 10.3. The van der Waals surface area contributed by atoms with Crippen molar-refractivity contribution in [2.24, 2.45) is 0 Å². The molecule has 0 atom stereocenters. The number of alkyl halides is 1. The highest BCUT2D eigenvalue weighted by Gasteiger charge is 2.04. The molecule has 0 bridgehead atoms. The molecule has 0 amide bonds. The Kier molecular flexibility index (Phi) is 3.01. The number of nitrogens with zero attached hydrogens (tertiary/aromatic N) is 4. The Morgan fingerprint density at radius 3 is 3.00 bits per heavy atom. The number of halogens is 1. The van der Waals surface area contributed by atoms with E-state index >= 15 is 0 Å². The lowest BCUT2D eigenvalue weighted by Crippen LogP contribution is -2.00. The zero-order chi connectivity index (χ0) is 10.7. The van der Waals surface area contributed by atoms with Crippen LogP contribution in [-0.2, 0) is 13.0 Å². The minimum atomic E-state index is 0.557. The summed E-state index contributed by atoms with van der Waals surface area (Å²) >= 11 is 5.60. The molecule has 0 saturated heterocycles. The van der Waals surface area contributed by atoms with Gasteiger partial charge in [-0.1, -0.05) is 10.4 Å². The molecule has 2 heterocycles. The van der Waals surface area contributed by atoms with E-state index in [2.05, 4.69) is 15.5 Å². The van der Waals surface area contributed by atoms with E-state index in [1.807, 2.05) is 19.2 Å². The van der Waals surface area contributed by atoms with Crippen LogP contribution >= 0.6 is 11.6 Å². The van der Waals surface area contributed by atoms with Crippen LogP contribution in [0.25, 0.3) is 0 Å². The highest BCUT2D eigenvalue weighted by Crippen LogP contribution is 2.04. The maximum atomic E-state index is 5.60. The largest absolute Gasteiger partial charge is 0.361 e. The van der Waals surface area contributed by atoms with Crippen LogP contribution in [0.2, 0.25) is 0 Å². The standard InChI is InChI=1S/C9H11ClN4O/c1-7-4-9(12-15-7)6-14-5-8(2-3-10)11-13-14/h4-5H,2-3,6H2,1H3. The fourth-order valence-corrected chi connectivity index (χ4v) is 1.48. The lowest BCUT2D eigenvalue weighted by molar-refractivity contribution is 0.387. The van der Waals surface area contributed by atoms with Gasteiger partial charge in [0.1, 0.15) is 11.5 Å². The third-order valence-electron chi connectivity index (χ3n) is 1.94. The van der Waals surface area contributed by atoms with E-state index in [1.54, 1.807) is 4.68 Å². The van der Waals surface area contributed by atoms with E-state index in [1.165, 1.54) is 0 Å². The molecule has 0 radical (unpaired) electrons. The van der Waals surface area contributed by atoms with Crippen LogP contribution in [0.3, 0.4) is 0 Å². The second kappa shape index (κ2) is 4.44. The van der Waals surface area contributed by atoms with Crippen LogP contribution in [0.5, 0.6) is 0 Å². The summed E-state index contributed by atoms with van der Waals surface area (Å²) in [5, 5.41) is 11.8. The summed E-state index contributed by atoms with van der Waals surface area (Å²) in [5.41, 5.74) is 1.74. The highest BCUT2D eigenvalue weighted by molar-refractivity contribution is 6.17. The quantitative estimate of drug-likeness (QED) is 0.740. The van der Waals surface area contributed by atoms with E-state index < -0.39 is 0 Å². The molecule has 0 spiro atoms. The first-order valence-corrected chi connectivity index (χ1v) is 5.18. The summed E-state index contributed by atoms with van der Waals surface area (Å²) in [7, 11) is 0. The molecule has 0 aliphatic carbocycles. The van der Waals surface area contributed by atoms with Gasteiger partial charge in [0.05, 0.1) is 12.2 Å². The van der Waals surface area contributed by atoms with E-state index in [9.17, 15) is 0 Å². The SMILES string of the molecule is Cc1cc(Cn2cc(CCCl)nn2)no1. The maximum absolute atomic E-state index is 5.60. The molecule has 0 aromatic carbocycles. The Morgan fingerprint density at radius 2 is 2.33 bits per heavy atom. The smallest absolute Gasteiger partial charge is 0.133 e. The molecule has 0 aliphatic heterocycles. The van der Waals surface area contributed by atoms with Crippen LogP contribution in [0.1, 0.15) is 17.1 Å². The molecule has 15 heavy (non-hydrogen) atoms. The highest BCUT2D eigenvalue weighted by atomic mass is 35.5. The Morgan fingerprint density at radius 1 is 1.47 bits per heavy atom. The summed E-state index contributed by atoms with van der Waals surface area (Å²) in [6.45, 7) is 2.43. The van der Waals surface area contributed by atoms with Gasteiger partial charge in [-0.3, -0.25) is 0 Å². The Hall–Kier alpha value is -1.36. The number of hydrogen-bond donors (Lipinski definition) is 0. The number of aromatic nitrogens is 4. The third-order valence-corrected chi connectivity index (χ3v) is 2.13. The van der Waals surface area contributed by atoms with Crippen molar-refractivity contribution in [2.75, 3.05) is 5.88 Å². The lowest BCUT2D eigenvalue weighted by Gasteiger charge is -1.92. The zero-order valence-electron chi connectivity index (χ0n) is 8.35. The molecule has 0 unspecified atom stereocenters. The van der Waals surface area contributed by atoms with Gasteiger partial charge >= 0.3 is 0 Å². The molecule has 0 fully saturated rings. The van der Waals surface area contributed by atoms with Gasteiger partial charge in [0, 0.05) is 24.6 Å². The molecule has 0 N–H and O–H groups in total. The van der Waals surface area contributed by atoms with Crippen molar-refractivity contribution in [1.29, 1.82) is 0 Å². The van der Waals surface area contributed by atoms with Crippen LogP contribution in [-0.4, -0.2) is 26.0 Å². The average molecular weight is 227 g/mol. The molecule has 2 rings (SSSR count). The van der Waals surface area contributed by atoms with Gasteiger partial charge in [0.15, 0.2) is 0 Å². The predicted molar refractivity (Wildman–Crippen MR) is 54.8 cm³/mol. The molecule has 0 aliphatic rings.